The van der Waals surface area contributed by atoms with Crippen LogP contribution >= 0.6 is 35.3 Å². The molecule has 0 aromatic carbocycles. The van der Waals surface area contributed by atoms with Crippen molar-refractivity contribution in [3.05, 3.63) is 0 Å². The average Bonchev–Trinajstić information content (AvgIpc) is 2.70. The molecule has 0 spiro atoms. The molecule has 1 aliphatic heterocycles. The van der Waals surface area contributed by atoms with E-state index in [0.29, 0.717) is 16.4 Å². The Morgan fingerprint density at radius 2 is 2.39 bits per heavy atom. The van der Waals surface area contributed by atoms with Crippen molar-refractivity contribution in [3.8, 4) is 0 Å². The number of carboxylic acids is 1. The molecular formula is C9H14N4O2S3. The number of anilines is 1. The van der Waals surface area contributed by atoms with E-state index in [1.165, 1.54) is 5.75 Å². The van der Waals surface area contributed by atoms with E-state index in [9.17, 15) is 4.79 Å². The summed E-state index contributed by atoms with van der Waals surface area (Å²) in [6.45, 7) is 0.748. The number of nitrogens with two attached hydrogens (primary N) is 1. The van der Waals surface area contributed by atoms with Gasteiger partial charge in [0.15, 0.2) is 5.16 Å². The second kappa shape index (κ2) is 6.58. The molecule has 0 amide bonds. The summed E-state index contributed by atoms with van der Waals surface area (Å²) >= 11 is 5.02. The molecular weight excluding hydrogens is 292 g/mol. The van der Waals surface area contributed by atoms with Crippen LogP contribution in [0.25, 0.3) is 0 Å². The lowest BCUT2D eigenvalue weighted by Crippen LogP contribution is -2.22. The minimum absolute atomic E-state index is 0.0231. The molecule has 0 bridgehead atoms. The third kappa shape index (κ3) is 3.72. The van der Waals surface area contributed by atoms with Crippen LogP contribution in [-0.4, -0.2) is 54.1 Å². The maximum Gasteiger partial charge on any atom is 0.313 e. The Bertz CT molecular complexity index is 420. The lowest BCUT2D eigenvalue weighted by Gasteiger charge is -2.21. The summed E-state index contributed by atoms with van der Waals surface area (Å²) in [6.07, 6.45) is 0. The van der Waals surface area contributed by atoms with E-state index < -0.39 is 5.97 Å². The van der Waals surface area contributed by atoms with E-state index in [2.05, 4.69) is 10.2 Å². The van der Waals surface area contributed by atoms with Crippen LogP contribution in [0, 0.1) is 0 Å². The van der Waals surface area contributed by atoms with E-state index in [1.54, 1.807) is 0 Å². The smallest absolute Gasteiger partial charge is 0.313 e. The molecule has 1 aromatic rings. The summed E-state index contributed by atoms with van der Waals surface area (Å²) in [5.41, 5.74) is 5.78. The molecule has 1 aromatic heterocycles. The van der Waals surface area contributed by atoms with Crippen molar-refractivity contribution in [2.24, 2.45) is 0 Å². The lowest BCUT2D eigenvalue weighted by molar-refractivity contribution is -0.133. The topological polar surface area (TPSA) is 94.0 Å². The van der Waals surface area contributed by atoms with Gasteiger partial charge in [0, 0.05) is 29.1 Å². The number of nitrogen functional groups attached to an aromatic ring is 1. The number of hydrogen-bond donors (Lipinski definition) is 2. The van der Waals surface area contributed by atoms with Crippen LogP contribution in [0.2, 0.25) is 0 Å². The zero-order valence-corrected chi connectivity index (χ0v) is 12.1. The fourth-order valence-electron chi connectivity index (χ4n) is 1.55. The summed E-state index contributed by atoms with van der Waals surface area (Å²) in [5.74, 6) is 2.90. The fraction of sp³-hybridized carbons (Fsp3) is 0.667. The Morgan fingerprint density at radius 3 is 3.06 bits per heavy atom. The molecule has 0 radical (unpaired) electrons. The highest BCUT2D eigenvalue weighted by molar-refractivity contribution is 8.06. The second-order valence-electron chi connectivity index (χ2n) is 3.70. The molecule has 1 fully saturated rings. The fourth-order valence-corrected chi connectivity index (χ4v) is 4.88. The molecule has 100 valence electrons. The van der Waals surface area contributed by atoms with Crippen molar-refractivity contribution in [1.82, 2.24) is 14.8 Å². The van der Waals surface area contributed by atoms with Crippen LogP contribution < -0.4 is 5.73 Å². The highest BCUT2D eigenvalue weighted by Crippen LogP contribution is 2.27. The van der Waals surface area contributed by atoms with E-state index in [-0.39, 0.29) is 5.75 Å². The van der Waals surface area contributed by atoms with Crippen LogP contribution in [0.4, 0.5) is 5.95 Å². The van der Waals surface area contributed by atoms with Gasteiger partial charge in [0.25, 0.3) is 0 Å². The first-order valence-electron chi connectivity index (χ1n) is 5.39. The van der Waals surface area contributed by atoms with E-state index in [4.69, 9.17) is 10.8 Å². The van der Waals surface area contributed by atoms with Gasteiger partial charge in [-0.25, -0.2) is 0 Å². The molecule has 0 saturated carbocycles. The van der Waals surface area contributed by atoms with Gasteiger partial charge >= 0.3 is 5.97 Å². The van der Waals surface area contributed by atoms with Crippen molar-refractivity contribution in [3.63, 3.8) is 0 Å². The second-order valence-corrected chi connectivity index (χ2v) is 7.20. The first kappa shape index (κ1) is 13.9. The first-order chi connectivity index (χ1) is 8.66. The molecule has 18 heavy (non-hydrogen) atoms. The van der Waals surface area contributed by atoms with E-state index in [0.717, 1.165) is 29.8 Å². The Hall–Kier alpha value is -0.540. The molecule has 1 atom stereocenters. The number of rotatable bonds is 5. The first-order valence-corrected chi connectivity index (χ1v) is 8.58. The van der Waals surface area contributed by atoms with Gasteiger partial charge in [-0.1, -0.05) is 11.8 Å². The molecule has 2 rings (SSSR count). The number of carbonyl (C=O) groups is 1. The molecule has 1 unspecified atom stereocenters. The Labute approximate surface area is 117 Å². The van der Waals surface area contributed by atoms with Crippen molar-refractivity contribution >= 4 is 47.2 Å². The number of nitrogens with zero attached hydrogens (tertiary/aromatic N) is 3. The molecule has 0 aliphatic carbocycles. The van der Waals surface area contributed by atoms with Gasteiger partial charge in [-0.15, -0.1) is 10.2 Å². The molecule has 2 heterocycles. The number of thioether (sulfide) groups is 3. The number of aliphatic carboxylic acids is 1. The summed E-state index contributed by atoms with van der Waals surface area (Å²) in [6, 6.07) is 0. The highest BCUT2D eigenvalue weighted by Gasteiger charge is 2.19. The molecule has 3 N–H and O–H groups in total. The zero-order chi connectivity index (χ0) is 13.0. The average molecular weight is 306 g/mol. The van der Waals surface area contributed by atoms with Crippen molar-refractivity contribution in [1.29, 1.82) is 0 Å². The maximum atomic E-state index is 10.6. The molecule has 1 aliphatic rings. The van der Waals surface area contributed by atoms with Gasteiger partial charge in [-0.2, -0.15) is 23.5 Å². The van der Waals surface area contributed by atoms with Crippen molar-refractivity contribution in [2.75, 3.05) is 28.7 Å². The Kier molecular flexibility index (Phi) is 5.07. The van der Waals surface area contributed by atoms with Crippen LogP contribution in [0.15, 0.2) is 5.16 Å². The van der Waals surface area contributed by atoms with Crippen LogP contribution in [0.1, 0.15) is 0 Å². The minimum Gasteiger partial charge on any atom is -0.481 e. The summed E-state index contributed by atoms with van der Waals surface area (Å²) in [7, 11) is 0. The van der Waals surface area contributed by atoms with Crippen LogP contribution in [-0.2, 0) is 11.3 Å². The molecule has 9 heteroatoms. The lowest BCUT2D eigenvalue weighted by atomic mass is 10.4. The highest BCUT2D eigenvalue weighted by atomic mass is 32.2. The molecule has 1 saturated heterocycles. The molecule has 6 nitrogen and oxygen atoms in total. The summed E-state index contributed by atoms with van der Waals surface area (Å²) in [5, 5.41) is 17.5. The van der Waals surface area contributed by atoms with Crippen LogP contribution in [0.5, 0.6) is 0 Å². The summed E-state index contributed by atoms with van der Waals surface area (Å²) < 4.78 is 1.82. The van der Waals surface area contributed by atoms with Crippen molar-refractivity contribution < 1.29 is 9.90 Å². The minimum atomic E-state index is -0.865. The monoisotopic (exact) mass is 306 g/mol. The third-order valence-corrected chi connectivity index (χ3v) is 6.12. The quantitative estimate of drug-likeness (QED) is 0.775. The SMILES string of the molecule is Nc1nnc(SCC(=O)O)n1CC1CSCCS1. The normalized spacial score (nSPS) is 19.9. The van der Waals surface area contributed by atoms with E-state index >= 15 is 0 Å². The van der Waals surface area contributed by atoms with Crippen LogP contribution in [0.3, 0.4) is 0 Å². The Morgan fingerprint density at radius 1 is 1.56 bits per heavy atom. The number of aromatic nitrogens is 3. The number of carboxylic acid groups (broad SMARTS) is 1. The predicted molar refractivity (Wildman–Crippen MR) is 76.4 cm³/mol. The van der Waals surface area contributed by atoms with Gasteiger partial charge < -0.3 is 10.8 Å². The number of hydrogen-bond acceptors (Lipinski definition) is 7. The van der Waals surface area contributed by atoms with Gasteiger partial charge in [0.1, 0.15) is 0 Å². The largest absolute Gasteiger partial charge is 0.481 e. The van der Waals surface area contributed by atoms with Crippen molar-refractivity contribution in [2.45, 2.75) is 17.0 Å². The zero-order valence-electron chi connectivity index (χ0n) is 9.61. The Balaban J connectivity index is 2.01. The van der Waals surface area contributed by atoms with Gasteiger partial charge in [-0.3, -0.25) is 9.36 Å². The maximum absolute atomic E-state index is 10.6. The summed E-state index contributed by atoms with van der Waals surface area (Å²) in [4.78, 5) is 10.6. The van der Waals surface area contributed by atoms with E-state index in [1.807, 2.05) is 28.1 Å². The third-order valence-electron chi connectivity index (χ3n) is 2.34. The van der Waals surface area contributed by atoms with Gasteiger partial charge in [0.05, 0.1) is 5.75 Å². The predicted octanol–water partition coefficient (Wildman–Crippen LogP) is 0.886. The van der Waals surface area contributed by atoms with Gasteiger partial charge in [0.2, 0.25) is 5.95 Å². The standard InChI is InChI=1S/C9H14N4O2S3/c10-8-11-12-9(18-5-7(14)15)13(8)3-6-4-16-1-2-17-6/h6H,1-5H2,(H2,10,11)(H,14,15). The van der Waals surface area contributed by atoms with Gasteiger partial charge in [-0.05, 0) is 0 Å².